The first-order chi connectivity index (χ1) is 14.2. The summed E-state index contributed by atoms with van der Waals surface area (Å²) < 4.78 is 90.6. The standard InChI is InChI=1S/C18H28F4O6S2Si/c1-18(2,3)31(4,5)26-10-8-6-7-9-11-30(24,25)17-14(21)12(19)16(29-28-27-23)13(20)15(17)22/h23H,6-11H2,1-5H3. The van der Waals surface area contributed by atoms with E-state index in [2.05, 4.69) is 43.2 Å². The third kappa shape index (κ3) is 7.40. The zero-order chi connectivity index (χ0) is 24.0. The third-order valence-electron chi connectivity index (χ3n) is 5.22. The predicted octanol–water partition coefficient (Wildman–Crippen LogP) is 6.03. The Hall–Kier alpha value is -0.703. The number of benzene rings is 1. The molecule has 0 saturated heterocycles. The van der Waals surface area contributed by atoms with Crippen LogP contribution in [0, 0.1) is 23.3 Å². The van der Waals surface area contributed by atoms with Crippen molar-refractivity contribution in [2.45, 2.75) is 74.4 Å². The summed E-state index contributed by atoms with van der Waals surface area (Å²) in [6.45, 7) is 11.1. The smallest absolute Gasteiger partial charge is 0.191 e. The second-order valence-electron chi connectivity index (χ2n) is 8.48. The molecule has 13 heteroatoms. The third-order valence-corrected chi connectivity index (χ3v) is 12.2. The van der Waals surface area contributed by atoms with Crippen LogP contribution in [0.4, 0.5) is 17.6 Å². The van der Waals surface area contributed by atoms with Crippen LogP contribution >= 0.6 is 12.0 Å². The van der Waals surface area contributed by atoms with Gasteiger partial charge < -0.3 is 4.43 Å². The van der Waals surface area contributed by atoms with Crippen LogP contribution in [-0.4, -0.2) is 34.4 Å². The summed E-state index contributed by atoms with van der Waals surface area (Å²) in [5.74, 6) is -8.74. The molecule has 0 fully saturated rings. The summed E-state index contributed by atoms with van der Waals surface area (Å²) in [5.41, 5.74) is 0. The molecule has 180 valence electrons. The Bertz CT molecular complexity index is 831. The number of sulfone groups is 1. The minimum atomic E-state index is -4.62. The highest BCUT2D eigenvalue weighted by Crippen LogP contribution is 2.37. The lowest BCUT2D eigenvalue weighted by molar-refractivity contribution is -0.432. The average molecular weight is 509 g/mol. The molecule has 0 heterocycles. The van der Waals surface area contributed by atoms with Crippen molar-refractivity contribution in [3.63, 3.8) is 0 Å². The van der Waals surface area contributed by atoms with Gasteiger partial charge in [-0.2, -0.15) is 0 Å². The Labute approximate surface area is 185 Å². The topological polar surface area (TPSA) is 82.1 Å². The quantitative estimate of drug-likeness (QED) is 0.0702. The molecule has 31 heavy (non-hydrogen) atoms. The van der Waals surface area contributed by atoms with E-state index < -0.39 is 57.0 Å². The zero-order valence-electron chi connectivity index (χ0n) is 18.1. The normalized spacial score (nSPS) is 13.1. The number of hydrogen-bond acceptors (Lipinski definition) is 7. The summed E-state index contributed by atoms with van der Waals surface area (Å²) in [6, 6.07) is 0. The van der Waals surface area contributed by atoms with Crippen LogP contribution in [0.1, 0.15) is 46.5 Å². The molecule has 0 aliphatic heterocycles. The highest BCUT2D eigenvalue weighted by atomic mass is 32.2. The van der Waals surface area contributed by atoms with Crippen molar-refractivity contribution < 1.29 is 45.0 Å². The number of halogens is 4. The molecule has 6 nitrogen and oxygen atoms in total. The van der Waals surface area contributed by atoms with E-state index in [0.29, 0.717) is 25.9 Å². The predicted molar refractivity (Wildman–Crippen MR) is 111 cm³/mol. The number of hydrogen-bond donors (Lipinski definition) is 1. The summed E-state index contributed by atoms with van der Waals surface area (Å²) >= 11 is -0.353. The molecule has 0 saturated carbocycles. The van der Waals surface area contributed by atoms with Gasteiger partial charge in [-0.25, -0.2) is 31.2 Å². The van der Waals surface area contributed by atoms with Gasteiger partial charge in [0, 0.05) is 6.61 Å². The molecule has 0 aliphatic carbocycles. The van der Waals surface area contributed by atoms with Gasteiger partial charge in [-0.3, -0.25) is 0 Å². The van der Waals surface area contributed by atoms with E-state index in [9.17, 15) is 26.0 Å². The largest absolute Gasteiger partial charge is 0.417 e. The molecule has 0 aliphatic rings. The van der Waals surface area contributed by atoms with Crippen LogP contribution in [0.5, 0.6) is 0 Å². The van der Waals surface area contributed by atoms with Crippen LogP contribution < -0.4 is 0 Å². The van der Waals surface area contributed by atoms with Gasteiger partial charge in [0.15, 0.2) is 41.4 Å². The van der Waals surface area contributed by atoms with Crippen LogP contribution in [0.2, 0.25) is 18.1 Å². The van der Waals surface area contributed by atoms with E-state index in [1.807, 2.05) is 0 Å². The summed E-state index contributed by atoms with van der Waals surface area (Å²) in [5, 5.41) is 11.2. The van der Waals surface area contributed by atoms with Gasteiger partial charge in [0.2, 0.25) is 0 Å². The van der Waals surface area contributed by atoms with Gasteiger partial charge in [0.1, 0.15) is 9.79 Å². The first kappa shape index (κ1) is 28.3. The van der Waals surface area contributed by atoms with Gasteiger partial charge >= 0.3 is 0 Å². The molecular formula is C18H28F4O6S2Si. The van der Waals surface area contributed by atoms with Gasteiger partial charge in [0.05, 0.1) is 17.8 Å². The van der Waals surface area contributed by atoms with Gasteiger partial charge in [-0.1, -0.05) is 38.7 Å². The summed E-state index contributed by atoms with van der Waals surface area (Å²) in [6.07, 6.45) is 1.82. The molecule has 1 N–H and O–H groups in total. The molecule has 0 amide bonds. The molecule has 0 radical (unpaired) electrons. The van der Waals surface area contributed by atoms with E-state index in [1.54, 1.807) is 0 Å². The molecule has 0 spiro atoms. The van der Waals surface area contributed by atoms with Crippen molar-refractivity contribution in [2.75, 3.05) is 12.4 Å². The Morgan fingerprint density at radius 1 is 0.935 bits per heavy atom. The first-order valence-corrected chi connectivity index (χ1v) is 14.8. The maximum atomic E-state index is 14.2. The van der Waals surface area contributed by atoms with Crippen molar-refractivity contribution in [3.8, 4) is 0 Å². The van der Waals surface area contributed by atoms with E-state index in [-0.39, 0.29) is 23.5 Å². The minimum Gasteiger partial charge on any atom is -0.417 e. The lowest BCUT2D eigenvalue weighted by Crippen LogP contribution is -2.40. The van der Waals surface area contributed by atoms with E-state index in [1.165, 1.54) is 0 Å². The van der Waals surface area contributed by atoms with E-state index >= 15 is 0 Å². The molecule has 0 bridgehead atoms. The van der Waals surface area contributed by atoms with Crippen molar-refractivity contribution in [1.82, 2.24) is 0 Å². The second kappa shape index (κ2) is 11.4. The molecule has 1 rings (SSSR count). The molecule has 0 aromatic heterocycles. The fraction of sp³-hybridized carbons (Fsp3) is 0.667. The first-order valence-electron chi connectivity index (χ1n) is 9.54. The Morgan fingerprint density at radius 3 is 1.94 bits per heavy atom. The number of rotatable bonds is 12. The molecule has 1 aromatic rings. The van der Waals surface area contributed by atoms with Crippen molar-refractivity contribution in [1.29, 1.82) is 0 Å². The highest BCUT2D eigenvalue weighted by Gasteiger charge is 2.37. The Kier molecular flexibility index (Phi) is 10.4. The molecular weight excluding hydrogens is 480 g/mol. The van der Waals surface area contributed by atoms with Crippen molar-refractivity contribution in [3.05, 3.63) is 23.3 Å². The van der Waals surface area contributed by atoms with Crippen LogP contribution in [-0.2, 0) is 23.6 Å². The SMILES string of the molecule is CC(C)(C)[Si](C)(C)OCCCCCCS(=O)(=O)c1c(F)c(F)c(SOOO)c(F)c1F. The monoisotopic (exact) mass is 508 g/mol. The van der Waals surface area contributed by atoms with Gasteiger partial charge in [-0.05, 0) is 31.0 Å². The van der Waals surface area contributed by atoms with Crippen LogP contribution in [0.3, 0.4) is 0 Å². The summed E-state index contributed by atoms with van der Waals surface area (Å²) in [7, 11) is -6.49. The fourth-order valence-electron chi connectivity index (χ4n) is 2.38. The minimum absolute atomic E-state index is 0.0580. The summed E-state index contributed by atoms with van der Waals surface area (Å²) in [4.78, 5) is -3.00. The maximum Gasteiger partial charge on any atom is 0.191 e. The van der Waals surface area contributed by atoms with E-state index in [4.69, 9.17) is 9.68 Å². The lowest BCUT2D eigenvalue weighted by atomic mass is 10.2. The maximum absolute atomic E-state index is 14.2. The Balaban J connectivity index is 2.70. The Morgan fingerprint density at radius 2 is 1.45 bits per heavy atom. The van der Waals surface area contributed by atoms with Gasteiger partial charge in [0.25, 0.3) is 0 Å². The average Bonchev–Trinajstić information content (AvgIpc) is 2.64. The van der Waals surface area contributed by atoms with Crippen LogP contribution in [0.25, 0.3) is 0 Å². The second-order valence-corrected chi connectivity index (χ2v) is 16.0. The van der Waals surface area contributed by atoms with E-state index in [0.717, 1.165) is 0 Å². The number of unbranched alkanes of at least 4 members (excludes halogenated alkanes) is 3. The zero-order valence-corrected chi connectivity index (χ0v) is 20.7. The van der Waals surface area contributed by atoms with Crippen LogP contribution in [0.15, 0.2) is 9.79 Å². The highest BCUT2D eigenvalue weighted by molar-refractivity contribution is 7.94. The lowest BCUT2D eigenvalue weighted by Gasteiger charge is -2.36. The molecule has 1 aromatic carbocycles. The fourth-order valence-corrected chi connectivity index (χ4v) is 5.41. The molecule has 0 unspecified atom stereocenters. The van der Waals surface area contributed by atoms with Crippen molar-refractivity contribution in [2.24, 2.45) is 0 Å². The molecule has 0 atom stereocenters. The van der Waals surface area contributed by atoms with Gasteiger partial charge in [-0.15, -0.1) is 4.33 Å². The van der Waals surface area contributed by atoms with Crippen molar-refractivity contribution >= 4 is 30.2 Å².